The summed E-state index contributed by atoms with van der Waals surface area (Å²) in [6.07, 6.45) is 1.27. The summed E-state index contributed by atoms with van der Waals surface area (Å²) in [5.74, 6) is 1.36. The highest BCUT2D eigenvalue weighted by molar-refractivity contribution is 9.10. The summed E-state index contributed by atoms with van der Waals surface area (Å²) in [6, 6.07) is 18.7. The Morgan fingerprint density at radius 3 is 2.50 bits per heavy atom. The van der Waals surface area contributed by atoms with Gasteiger partial charge in [-0.3, -0.25) is 0 Å². The third-order valence-corrected chi connectivity index (χ3v) is 4.28. The lowest BCUT2D eigenvalue weighted by molar-refractivity contribution is 0.138. The molecule has 2 nitrogen and oxygen atoms in total. The van der Waals surface area contributed by atoms with E-state index in [1.165, 1.54) is 5.56 Å². The molecule has 20 heavy (non-hydrogen) atoms. The molecule has 1 N–H and O–H groups in total. The molecule has 2 aromatic rings. The summed E-state index contributed by atoms with van der Waals surface area (Å²) in [4.78, 5) is 0. The fourth-order valence-corrected chi connectivity index (χ4v) is 2.96. The highest BCUT2D eigenvalue weighted by atomic mass is 79.9. The monoisotopic (exact) mass is 331 g/mol. The fourth-order valence-electron chi connectivity index (χ4n) is 2.70. The highest BCUT2D eigenvalue weighted by Gasteiger charge is 2.27. The van der Waals surface area contributed by atoms with Crippen molar-refractivity contribution in [1.29, 1.82) is 0 Å². The molecule has 2 atom stereocenters. The van der Waals surface area contributed by atoms with Crippen LogP contribution in [-0.4, -0.2) is 19.2 Å². The maximum absolute atomic E-state index is 6.22. The number of ether oxygens (including phenoxy) is 1. The van der Waals surface area contributed by atoms with E-state index in [9.17, 15) is 0 Å². The van der Waals surface area contributed by atoms with Crippen molar-refractivity contribution >= 4 is 15.9 Å². The molecule has 1 fully saturated rings. The van der Waals surface area contributed by atoms with Gasteiger partial charge >= 0.3 is 0 Å². The van der Waals surface area contributed by atoms with Crippen molar-refractivity contribution in [3.05, 3.63) is 64.6 Å². The molecular formula is C17H18BrNO. The van der Waals surface area contributed by atoms with Crippen molar-refractivity contribution in [2.75, 3.05) is 13.1 Å². The molecule has 0 aromatic heterocycles. The van der Waals surface area contributed by atoms with Gasteiger partial charge in [0.25, 0.3) is 0 Å². The molecule has 0 radical (unpaired) electrons. The third-order valence-electron chi connectivity index (χ3n) is 3.75. The van der Waals surface area contributed by atoms with Gasteiger partial charge in [-0.25, -0.2) is 0 Å². The van der Waals surface area contributed by atoms with E-state index in [0.717, 1.165) is 29.7 Å². The van der Waals surface area contributed by atoms with E-state index in [1.54, 1.807) is 0 Å². The van der Waals surface area contributed by atoms with Crippen LogP contribution in [0.1, 0.15) is 17.9 Å². The smallest absolute Gasteiger partial charge is 0.119 e. The van der Waals surface area contributed by atoms with Crippen molar-refractivity contribution in [2.45, 2.75) is 18.4 Å². The van der Waals surface area contributed by atoms with Gasteiger partial charge in [-0.1, -0.05) is 46.3 Å². The van der Waals surface area contributed by atoms with Gasteiger partial charge in [0, 0.05) is 16.9 Å². The maximum atomic E-state index is 6.22. The standard InChI is InChI=1S/C17H18BrNO/c18-14-6-8-15(9-7-14)20-17-10-11-19-12-16(17)13-4-2-1-3-5-13/h1-9,16-17,19H,10-12H2/t16-,17+/m1/s1. The Hall–Kier alpha value is -1.32. The van der Waals surface area contributed by atoms with Crippen molar-refractivity contribution < 1.29 is 4.74 Å². The molecule has 0 aliphatic carbocycles. The zero-order valence-corrected chi connectivity index (χ0v) is 12.8. The SMILES string of the molecule is Brc1ccc(O[C@H]2CCNC[C@@H]2c2ccccc2)cc1. The van der Waals surface area contributed by atoms with E-state index in [1.807, 2.05) is 24.3 Å². The fraction of sp³-hybridized carbons (Fsp3) is 0.294. The topological polar surface area (TPSA) is 21.3 Å². The second-order valence-electron chi connectivity index (χ2n) is 5.12. The van der Waals surface area contributed by atoms with E-state index in [2.05, 4.69) is 51.6 Å². The summed E-state index contributed by atoms with van der Waals surface area (Å²) in [5, 5.41) is 3.47. The van der Waals surface area contributed by atoms with Gasteiger partial charge in [0.1, 0.15) is 11.9 Å². The van der Waals surface area contributed by atoms with Gasteiger partial charge in [-0.05, 0) is 42.8 Å². The van der Waals surface area contributed by atoms with E-state index < -0.39 is 0 Å². The van der Waals surface area contributed by atoms with Gasteiger partial charge in [0.2, 0.25) is 0 Å². The van der Waals surface area contributed by atoms with E-state index in [-0.39, 0.29) is 6.10 Å². The van der Waals surface area contributed by atoms with Gasteiger partial charge in [-0.2, -0.15) is 0 Å². The summed E-state index contributed by atoms with van der Waals surface area (Å²) >= 11 is 3.45. The average Bonchev–Trinajstić information content (AvgIpc) is 2.51. The molecule has 0 amide bonds. The summed E-state index contributed by atoms with van der Waals surface area (Å²) in [5.41, 5.74) is 1.35. The predicted octanol–water partition coefficient (Wildman–Crippen LogP) is 3.97. The molecule has 0 unspecified atom stereocenters. The van der Waals surface area contributed by atoms with Crippen LogP contribution in [0.15, 0.2) is 59.1 Å². The molecule has 2 aromatic carbocycles. The largest absolute Gasteiger partial charge is 0.490 e. The Morgan fingerprint density at radius 2 is 1.75 bits per heavy atom. The molecule has 1 aliphatic heterocycles. The van der Waals surface area contributed by atoms with Crippen LogP contribution in [0.3, 0.4) is 0 Å². The molecule has 1 aliphatic rings. The number of hydrogen-bond donors (Lipinski definition) is 1. The highest BCUT2D eigenvalue weighted by Crippen LogP contribution is 2.28. The van der Waals surface area contributed by atoms with Crippen molar-refractivity contribution in [3.8, 4) is 5.75 Å². The van der Waals surface area contributed by atoms with Crippen LogP contribution < -0.4 is 10.1 Å². The van der Waals surface area contributed by atoms with Crippen LogP contribution in [0.4, 0.5) is 0 Å². The number of rotatable bonds is 3. The molecular weight excluding hydrogens is 314 g/mol. The number of nitrogens with one attached hydrogen (secondary N) is 1. The second-order valence-corrected chi connectivity index (χ2v) is 6.04. The number of halogens is 1. The third kappa shape index (κ3) is 3.22. The first kappa shape index (κ1) is 13.7. The second kappa shape index (κ2) is 6.42. The Labute approximate surface area is 128 Å². The number of benzene rings is 2. The van der Waals surface area contributed by atoms with Crippen LogP contribution in [-0.2, 0) is 0 Å². The summed E-state index contributed by atoms with van der Waals surface area (Å²) in [6.45, 7) is 2.00. The molecule has 1 heterocycles. The normalized spacial score (nSPS) is 22.4. The van der Waals surface area contributed by atoms with Crippen LogP contribution in [0.5, 0.6) is 5.75 Å². The quantitative estimate of drug-likeness (QED) is 0.918. The average molecular weight is 332 g/mol. The molecule has 3 rings (SSSR count). The van der Waals surface area contributed by atoms with Crippen molar-refractivity contribution in [1.82, 2.24) is 5.32 Å². The number of piperidine rings is 1. The van der Waals surface area contributed by atoms with Gasteiger partial charge in [0.15, 0.2) is 0 Å². The van der Waals surface area contributed by atoms with Crippen LogP contribution in [0.2, 0.25) is 0 Å². The molecule has 104 valence electrons. The Kier molecular flexibility index (Phi) is 4.38. The molecule has 3 heteroatoms. The van der Waals surface area contributed by atoms with Crippen molar-refractivity contribution in [3.63, 3.8) is 0 Å². The molecule has 1 saturated heterocycles. The van der Waals surface area contributed by atoms with E-state index in [4.69, 9.17) is 4.74 Å². The number of hydrogen-bond acceptors (Lipinski definition) is 2. The van der Waals surface area contributed by atoms with E-state index in [0.29, 0.717) is 5.92 Å². The lowest BCUT2D eigenvalue weighted by Gasteiger charge is -2.33. The minimum Gasteiger partial charge on any atom is -0.490 e. The Bertz CT molecular complexity index is 541. The van der Waals surface area contributed by atoms with E-state index >= 15 is 0 Å². The van der Waals surface area contributed by atoms with Gasteiger partial charge < -0.3 is 10.1 Å². The molecule has 0 spiro atoms. The Morgan fingerprint density at radius 1 is 1.00 bits per heavy atom. The van der Waals surface area contributed by atoms with Crippen LogP contribution in [0, 0.1) is 0 Å². The minimum atomic E-state index is 0.236. The van der Waals surface area contributed by atoms with Crippen LogP contribution in [0.25, 0.3) is 0 Å². The zero-order chi connectivity index (χ0) is 13.8. The van der Waals surface area contributed by atoms with Crippen LogP contribution >= 0.6 is 15.9 Å². The summed E-state index contributed by atoms with van der Waals surface area (Å²) in [7, 11) is 0. The lowest BCUT2D eigenvalue weighted by Crippen LogP contribution is -2.41. The molecule has 0 saturated carbocycles. The first-order valence-corrected chi connectivity index (χ1v) is 7.80. The van der Waals surface area contributed by atoms with Gasteiger partial charge in [0.05, 0.1) is 0 Å². The lowest BCUT2D eigenvalue weighted by atomic mass is 9.89. The minimum absolute atomic E-state index is 0.236. The Balaban J connectivity index is 1.77. The molecule has 0 bridgehead atoms. The zero-order valence-electron chi connectivity index (χ0n) is 11.3. The van der Waals surface area contributed by atoms with Crippen molar-refractivity contribution in [2.24, 2.45) is 0 Å². The summed E-state index contributed by atoms with van der Waals surface area (Å²) < 4.78 is 7.29. The first-order chi connectivity index (χ1) is 9.83. The van der Waals surface area contributed by atoms with Gasteiger partial charge in [-0.15, -0.1) is 0 Å². The maximum Gasteiger partial charge on any atom is 0.119 e. The predicted molar refractivity (Wildman–Crippen MR) is 85.2 cm³/mol. The first-order valence-electron chi connectivity index (χ1n) is 7.01.